The van der Waals surface area contributed by atoms with E-state index in [4.69, 9.17) is 11.6 Å². The minimum atomic E-state index is 0.380. The number of hydrogen-bond acceptors (Lipinski definition) is 0. The maximum atomic E-state index is 6.01. The van der Waals surface area contributed by atoms with Gasteiger partial charge in [0.2, 0.25) is 0 Å². The minimum Gasteiger partial charge on any atom is -0.126 e. The molecule has 1 atom stereocenters. The van der Waals surface area contributed by atoms with Crippen LogP contribution in [0.5, 0.6) is 0 Å². The topological polar surface area (TPSA) is 0 Å². The molecule has 0 radical (unpaired) electrons. The lowest BCUT2D eigenvalue weighted by molar-refractivity contribution is 0.244. The summed E-state index contributed by atoms with van der Waals surface area (Å²) in [5.74, 6) is 1.50. The Kier molecular flexibility index (Phi) is 8.61. The van der Waals surface area contributed by atoms with E-state index in [9.17, 15) is 0 Å². The van der Waals surface area contributed by atoms with Crippen molar-refractivity contribution >= 4 is 11.6 Å². The molecular weight excluding hydrogens is 204 g/mol. The van der Waals surface area contributed by atoms with Crippen molar-refractivity contribution in [1.82, 2.24) is 0 Å². The molecule has 0 saturated carbocycles. The van der Waals surface area contributed by atoms with Crippen molar-refractivity contribution in [2.75, 3.05) is 5.88 Å². The van der Waals surface area contributed by atoms with Crippen molar-refractivity contribution in [3.8, 4) is 0 Å². The van der Waals surface area contributed by atoms with Crippen LogP contribution in [0.25, 0.3) is 0 Å². The predicted octanol–water partition coefficient (Wildman–Crippen LogP) is 5.64. The lowest BCUT2D eigenvalue weighted by Gasteiger charge is -2.29. The Morgan fingerprint density at radius 1 is 0.933 bits per heavy atom. The Balaban J connectivity index is 3.48. The zero-order chi connectivity index (χ0) is 11.7. The molecule has 92 valence electrons. The fraction of sp³-hybridized carbons (Fsp3) is 1.00. The Morgan fingerprint density at radius 3 is 1.93 bits per heavy atom. The smallest absolute Gasteiger partial charge is 0.0256 e. The zero-order valence-electron chi connectivity index (χ0n) is 11.1. The SMILES string of the molecule is CCCCCCCCC(CCl)C(C)(C)C. The normalized spacial score (nSPS) is 14.2. The van der Waals surface area contributed by atoms with Crippen molar-refractivity contribution in [3.05, 3.63) is 0 Å². The molecule has 0 aromatic rings. The molecule has 0 heterocycles. The monoisotopic (exact) mass is 232 g/mol. The molecule has 15 heavy (non-hydrogen) atoms. The second kappa shape index (κ2) is 8.44. The maximum absolute atomic E-state index is 6.01. The molecular formula is C14H29Cl. The molecule has 0 aliphatic rings. The second-order valence-electron chi connectivity index (χ2n) is 5.77. The first-order valence-electron chi connectivity index (χ1n) is 6.58. The summed E-state index contributed by atoms with van der Waals surface area (Å²) in [5, 5.41) is 0. The van der Waals surface area contributed by atoms with E-state index >= 15 is 0 Å². The molecule has 0 bridgehead atoms. The van der Waals surface area contributed by atoms with Crippen LogP contribution in [0.4, 0.5) is 0 Å². The van der Waals surface area contributed by atoms with Gasteiger partial charge in [-0.15, -0.1) is 11.6 Å². The van der Waals surface area contributed by atoms with Gasteiger partial charge in [-0.05, 0) is 17.8 Å². The van der Waals surface area contributed by atoms with Crippen LogP contribution in [-0.4, -0.2) is 5.88 Å². The Hall–Kier alpha value is 0.290. The molecule has 1 unspecified atom stereocenters. The molecule has 0 aromatic heterocycles. The van der Waals surface area contributed by atoms with Crippen LogP contribution >= 0.6 is 11.6 Å². The van der Waals surface area contributed by atoms with Crippen LogP contribution in [0.15, 0.2) is 0 Å². The Bertz CT molecular complexity index is 135. The first-order valence-corrected chi connectivity index (χ1v) is 7.11. The molecule has 1 heteroatoms. The molecule has 0 aliphatic heterocycles. The van der Waals surface area contributed by atoms with E-state index in [1.54, 1.807) is 0 Å². The number of rotatable bonds is 8. The van der Waals surface area contributed by atoms with Gasteiger partial charge in [0.05, 0.1) is 0 Å². The van der Waals surface area contributed by atoms with Crippen molar-refractivity contribution < 1.29 is 0 Å². The quantitative estimate of drug-likeness (QED) is 0.375. The van der Waals surface area contributed by atoms with E-state index in [1.807, 2.05) is 0 Å². The summed E-state index contributed by atoms with van der Waals surface area (Å²) >= 11 is 6.01. The van der Waals surface area contributed by atoms with Gasteiger partial charge in [0.25, 0.3) is 0 Å². The largest absolute Gasteiger partial charge is 0.126 e. The standard InChI is InChI=1S/C14H29Cl/c1-5-6-7-8-9-10-11-13(12-15)14(2,3)4/h13H,5-12H2,1-4H3. The molecule has 0 saturated heterocycles. The molecule has 0 fully saturated rings. The average molecular weight is 233 g/mol. The average Bonchev–Trinajstić information content (AvgIpc) is 2.15. The third-order valence-electron chi connectivity index (χ3n) is 3.32. The molecule has 0 rings (SSSR count). The van der Waals surface area contributed by atoms with Gasteiger partial charge >= 0.3 is 0 Å². The van der Waals surface area contributed by atoms with Gasteiger partial charge in [0.15, 0.2) is 0 Å². The summed E-state index contributed by atoms with van der Waals surface area (Å²) in [4.78, 5) is 0. The number of halogens is 1. The third kappa shape index (κ3) is 8.13. The minimum absolute atomic E-state index is 0.380. The number of unbranched alkanes of at least 4 members (excludes halogenated alkanes) is 5. The Labute approximate surface area is 102 Å². The lowest BCUT2D eigenvalue weighted by Crippen LogP contribution is -2.21. The van der Waals surface area contributed by atoms with Gasteiger partial charge in [-0.1, -0.05) is 66.2 Å². The third-order valence-corrected chi connectivity index (χ3v) is 3.69. The van der Waals surface area contributed by atoms with Crippen LogP contribution in [0.3, 0.4) is 0 Å². The second-order valence-corrected chi connectivity index (χ2v) is 6.08. The number of alkyl halides is 1. The van der Waals surface area contributed by atoms with Crippen LogP contribution in [0, 0.1) is 11.3 Å². The van der Waals surface area contributed by atoms with E-state index < -0.39 is 0 Å². The van der Waals surface area contributed by atoms with Gasteiger partial charge in [-0.2, -0.15) is 0 Å². The summed E-state index contributed by atoms with van der Waals surface area (Å²) in [7, 11) is 0. The van der Waals surface area contributed by atoms with Gasteiger partial charge in [0, 0.05) is 5.88 Å². The van der Waals surface area contributed by atoms with Crippen LogP contribution in [-0.2, 0) is 0 Å². The maximum Gasteiger partial charge on any atom is 0.0256 e. The van der Waals surface area contributed by atoms with Crippen molar-refractivity contribution in [3.63, 3.8) is 0 Å². The van der Waals surface area contributed by atoms with E-state index in [2.05, 4.69) is 27.7 Å². The molecule has 0 spiro atoms. The van der Waals surface area contributed by atoms with Crippen LogP contribution in [0.2, 0.25) is 0 Å². The first kappa shape index (κ1) is 15.3. The highest BCUT2D eigenvalue weighted by Crippen LogP contribution is 2.31. The zero-order valence-corrected chi connectivity index (χ0v) is 11.9. The van der Waals surface area contributed by atoms with E-state index in [0.717, 1.165) is 5.88 Å². The Morgan fingerprint density at radius 2 is 1.47 bits per heavy atom. The van der Waals surface area contributed by atoms with Crippen LogP contribution < -0.4 is 0 Å². The molecule has 0 nitrogen and oxygen atoms in total. The van der Waals surface area contributed by atoms with Crippen molar-refractivity contribution in [1.29, 1.82) is 0 Å². The number of hydrogen-bond donors (Lipinski definition) is 0. The highest BCUT2D eigenvalue weighted by molar-refractivity contribution is 6.18. The van der Waals surface area contributed by atoms with Gasteiger partial charge in [-0.3, -0.25) is 0 Å². The summed E-state index contributed by atoms with van der Waals surface area (Å²) in [6, 6.07) is 0. The van der Waals surface area contributed by atoms with E-state index in [0.29, 0.717) is 11.3 Å². The summed E-state index contributed by atoms with van der Waals surface area (Å²) in [6.07, 6.45) is 9.62. The van der Waals surface area contributed by atoms with Gasteiger partial charge in [0.1, 0.15) is 0 Å². The highest BCUT2D eigenvalue weighted by atomic mass is 35.5. The summed E-state index contributed by atoms with van der Waals surface area (Å²) in [6.45, 7) is 9.18. The molecule has 0 aliphatic carbocycles. The predicted molar refractivity (Wildman–Crippen MR) is 71.7 cm³/mol. The van der Waals surface area contributed by atoms with Crippen molar-refractivity contribution in [2.24, 2.45) is 11.3 Å². The lowest BCUT2D eigenvalue weighted by atomic mass is 9.79. The summed E-state index contributed by atoms with van der Waals surface area (Å²) < 4.78 is 0. The van der Waals surface area contributed by atoms with E-state index in [-0.39, 0.29) is 0 Å². The summed E-state index contributed by atoms with van der Waals surface area (Å²) in [5.41, 5.74) is 0.380. The highest BCUT2D eigenvalue weighted by Gasteiger charge is 2.22. The fourth-order valence-electron chi connectivity index (χ4n) is 1.91. The van der Waals surface area contributed by atoms with E-state index in [1.165, 1.54) is 44.9 Å². The van der Waals surface area contributed by atoms with Gasteiger partial charge in [-0.25, -0.2) is 0 Å². The molecule has 0 aromatic carbocycles. The fourth-order valence-corrected chi connectivity index (χ4v) is 2.53. The molecule has 0 amide bonds. The first-order chi connectivity index (χ1) is 7.02. The molecule has 0 N–H and O–H groups in total. The van der Waals surface area contributed by atoms with Crippen molar-refractivity contribution in [2.45, 2.75) is 72.6 Å². The van der Waals surface area contributed by atoms with Gasteiger partial charge < -0.3 is 0 Å². The van der Waals surface area contributed by atoms with Crippen LogP contribution in [0.1, 0.15) is 72.6 Å².